The summed E-state index contributed by atoms with van der Waals surface area (Å²) in [5.41, 5.74) is 0. The van der Waals surface area contributed by atoms with Crippen LogP contribution in [-0.4, -0.2) is 17.4 Å². The molecule has 0 fully saturated rings. The van der Waals surface area contributed by atoms with Crippen molar-refractivity contribution in [2.75, 3.05) is 0 Å². The van der Waals surface area contributed by atoms with E-state index in [-0.39, 0.29) is 55.5 Å². The predicted molar refractivity (Wildman–Crippen MR) is 20.2 cm³/mol. The van der Waals surface area contributed by atoms with E-state index in [4.69, 9.17) is 0 Å². The van der Waals surface area contributed by atoms with Crippen LogP contribution in [0.15, 0.2) is 0 Å². The molecule has 0 spiro atoms. The molecule has 53 valence electrons. The molecule has 0 saturated carbocycles. The molecule has 0 aliphatic carbocycles. The Hall–Kier alpha value is 0.542. The summed E-state index contributed by atoms with van der Waals surface area (Å²) < 4.78 is 0. The first-order valence-electron chi connectivity index (χ1n) is 0. The van der Waals surface area contributed by atoms with Gasteiger partial charge < -0.3 is 14.1 Å². The van der Waals surface area contributed by atoms with Crippen molar-refractivity contribution >= 4 is 27.3 Å². The van der Waals surface area contributed by atoms with Crippen molar-refractivity contribution in [2.45, 2.75) is 0 Å². The third-order valence-electron chi connectivity index (χ3n) is 0. The fourth-order valence-corrected chi connectivity index (χ4v) is 0. The Morgan fingerprint density at radius 1 is 0.500 bits per heavy atom. The Balaban J connectivity index is 0. The molecule has 0 bridgehead atoms. The molecule has 0 amide bonds. The van der Waals surface area contributed by atoms with Crippen LogP contribution in [0.4, 0.5) is 14.1 Å². The molecule has 0 atom stereocenters. The van der Waals surface area contributed by atoms with Crippen LogP contribution in [-0.2, 0) is 0 Å². The summed E-state index contributed by atoms with van der Waals surface area (Å²) >= 11 is 0. The van der Waals surface area contributed by atoms with Gasteiger partial charge in [0.05, 0.1) is 0 Å². The Kier molecular flexibility index (Phi) is 226000. The Morgan fingerprint density at radius 2 is 0.500 bits per heavy atom. The van der Waals surface area contributed by atoms with Gasteiger partial charge in [0.1, 0.15) is 0 Å². The molecule has 0 aliphatic heterocycles. The van der Waals surface area contributed by atoms with E-state index in [2.05, 4.69) is 0 Å². The van der Waals surface area contributed by atoms with Crippen LogP contribution < -0.4 is 14.1 Å². The fourth-order valence-electron chi connectivity index (χ4n) is 0. The quantitative estimate of drug-likeness (QED) is 0.195. The third kappa shape index (κ3) is 683. The van der Waals surface area contributed by atoms with Crippen LogP contribution in [0.25, 0.3) is 0 Å². The Morgan fingerprint density at radius 3 is 0.500 bits per heavy atom. The van der Waals surface area contributed by atoms with Gasteiger partial charge in [-0.05, 0) is 0 Å². The predicted octanol–water partition coefficient (Wildman–Crippen LogP) is -8.05. The van der Waals surface area contributed by atoms with Gasteiger partial charge in [-0.25, -0.2) is 0 Å². The maximum absolute atomic E-state index is 0. The summed E-state index contributed by atoms with van der Waals surface area (Å²) in [6.07, 6.45) is 0. The summed E-state index contributed by atoms with van der Waals surface area (Å²) in [6.45, 7) is 0. The van der Waals surface area contributed by atoms with Gasteiger partial charge in [-0.3, -0.25) is 14.1 Å². The molecule has 0 aliphatic rings. The van der Waals surface area contributed by atoms with Crippen LogP contribution >= 0.6 is 9.90 Å². The minimum absolute atomic E-state index is 0. The number of halogens is 6. The van der Waals surface area contributed by atoms with E-state index in [9.17, 15) is 0 Å². The second kappa shape index (κ2) is 1100. The van der Waals surface area contributed by atoms with E-state index in [1.54, 1.807) is 0 Å². The molecule has 0 aromatic heterocycles. The van der Waals surface area contributed by atoms with Crippen LogP contribution in [0.2, 0.25) is 0 Å². The van der Waals surface area contributed by atoms with E-state index in [0.29, 0.717) is 0 Å². The van der Waals surface area contributed by atoms with E-state index < -0.39 is 0 Å². The molecule has 8 heteroatoms. The molecule has 8 heavy (non-hydrogen) atoms. The van der Waals surface area contributed by atoms with Crippen molar-refractivity contribution in [1.82, 2.24) is 0 Å². The molecule has 0 aromatic carbocycles. The van der Waals surface area contributed by atoms with Crippen LogP contribution in [0.5, 0.6) is 0 Å². The van der Waals surface area contributed by atoms with E-state index in [0.717, 1.165) is 0 Å². The van der Waals surface area contributed by atoms with Crippen LogP contribution in [0.1, 0.15) is 0 Å². The molecular weight excluding hydrogens is 172 g/mol. The normalized spacial score (nSPS) is 0. The molecule has 3 radical (unpaired) electrons. The Labute approximate surface area is 56.4 Å². The second-order valence-corrected chi connectivity index (χ2v) is 0. The summed E-state index contributed by atoms with van der Waals surface area (Å²) in [6, 6.07) is 0. The van der Waals surface area contributed by atoms with Gasteiger partial charge in [0.15, 0.2) is 0 Å². The van der Waals surface area contributed by atoms with E-state index >= 15 is 0 Å². The Bertz CT molecular complexity index is 8.49. The van der Waals surface area contributed by atoms with Crippen molar-refractivity contribution in [2.24, 2.45) is 0 Å². The second-order valence-electron chi connectivity index (χ2n) is 0. The van der Waals surface area contributed by atoms with Gasteiger partial charge in [0.2, 0.25) is 0 Å². The minimum atomic E-state index is 0. The molecule has 0 aromatic rings. The molecule has 0 unspecified atom stereocenters. The number of hydrogen-bond acceptors (Lipinski definition) is 0. The molecule has 0 N–H and O–H groups in total. The van der Waals surface area contributed by atoms with Gasteiger partial charge in [0, 0.05) is 9.90 Å². The third-order valence-corrected chi connectivity index (χ3v) is 0. The van der Waals surface area contributed by atoms with Gasteiger partial charge in [-0.1, -0.05) is 0 Å². The monoisotopic (exact) mass is 175 g/mol. The summed E-state index contributed by atoms with van der Waals surface area (Å²) in [4.78, 5) is 0. The number of rotatable bonds is 0. The maximum Gasteiger partial charge on any atom is 3.00 e. The smallest absolute Gasteiger partial charge is 1.00 e. The maximum atomic E-state index is 0. The summed E-state index contributed by atoms with van der Waals surface area (Å²) in [5, 5.41) is 0. The average molecular weight is 175 g/mol. The van der Waals surface area contributed by atoms with Crippen LogP contribution in [0.3, 0.4) is 0 Å². The van der Waals surface area contributed by atoms with Crippen LogP contribution in [0, 0.1) is 0 Å². The zero-order valence-electron chi connectivity index (χ0n) is 3.38. The first-order chi connectivity index (χ1) is 0. The summed E-state index contributed by atoms with van der Waals surface area (Å²) in [5.74, 6) is 0. The fraction of sp³-hybridized carbons (Fsp3) is 0. The van der Waals surface area contributed by atoms with Gasteiger partial charge in [0.25, 0.3) is 0 Å². The van der Waals surface area contributed by atoms with Gasteiger partial charge >= 0.3 is 17.4 Å². The molecule has 0 saturated heterocycles. The SMILES string of the molecule is F.F.F.[Al+3].[F-].[F-].[F-].[P]. The zero-order valence-corrected chi connectivity index (χ0v) is 5.43. The standard InChI is InChI=1S/Al.6FH.P/h;6*1H;/q+3;;;;;;;/p-3. The first kappa shape index (κ1) is 1650. The van der Waals surface area contributed by atoms with Crippen molar-refractivity contribution in [3.8, 4) is 0 Å². The first-order valence-corrected chi connectivity index (χ1v) is 0. The largest absolute Gasteiger partial charge is 3.00 e. The molecule has 0 nitrogen and oxygen atoms in total. The number of hydrogen-bond donors (Lipinski definition) is 0. The van der Waals surface area contributed by atoms with Gasteiger partial charge in [-0.15, -0.1) is 0 Å². The van der Waals surface area contributed by atoms with Crippen molar-refractivity contribution in [1.29, 1.82) is 0 Å². The molecule has 0 heterocycles. The van der Waals surface area contributed by atoms with E-state index in [1.807, 2.05) is 0 Å². The molecule has 0 rings (SSSR count). The van der Waals surface area contributed by atoms with Crippen molar-refractivity contribution in [3.05, 3.63) is 0 Å². The van der Waals surface area contributed by atoms with E-state index in [1.165, 1.54) is 0 Å². The minimum Gasteiger partial charge on any atom is -1.00 e. The topological polar surface area (TPSA) is 0 Å². The molecular formula is H3AlF6P. The van der Waals surface area contributed by atoms with Crippen molar-refractivity contribution in [3.63, 3.8) is 0 Å². The summed E-state index contributed by atoms with van der Waals surface area (Å²) in [7, 11) is 0. The van der Waals surface area contributed by atoms with Crippen molar-refractivity contribution < 1.29 is 28.2 Å². The zero-order chi connectivity index (χ0) is 0. The van der Waals surface area contributed by atoms with Gasteiger partial charge in [-0.2, -0.15) is 0 Å². The average Bonchev–Trinajstić information content (AvgIpc) is 0.